The molecular weight excluding hydrogens is 304 g/mol. The molecule has 0 amide bonds. The van der Waals surface area contributed by atoms with E-state index in [1.54, 1.807) is 19.1 Å². The van der Waals surface area contributed by atoms with E-state index in [1.165, 1.54) is 6.07 Å². The van der Waals surface area contributed by atoms with Crippen LogP contribution in [-0.4, -0.2) is 10.8 Å². The third-order valence-electron chi connectivity index (χ3n) is 3.95. The number of nitrogens with zero attached hydrogens (tertiary/aromatic N) is 1. The van der Waals surface area contributed by atoms with E-state index in [1.807, 2.05) is 38.1 Å². The number of hydrogen-bond donors (Lipinski definition) is 2. The van der Waals surface area contributed by atoms with Gasteiger partial charge in [0.25, 0.3) is 0 Å². The van der Waals surface area contributed by atoms with Crippen molar-refractivity contribution in [1.29, 1.82) is 0 Å². The Bertz CT molecular complexity index is 1000. The predicted octanol–water partition coefficient (Wildman–Crippen LogP) is 3.95. The second-order valence-electron chi connectivity index (χ2n) is 5.71. The van der Waals surface area contributed by atoms with Gasteiger partial charge in [0.2, 0.25) is 0 Å². The first-order chi connectivity index (χ1) is 11.5. The van der Waals surface area contributed by atoms with Crippen LogP contribution in [0.3, 0.4) is 0 Å². The highest BCUT2D eigenvalue weighted by molar-refractivity contribution is 6.10. The number of nitrogens with one attached hydrogen (secondary N) is 1. The first-order valence-electron chi connectivity index (χ1n) is 7.60. The molecule has 0 aliphatic rings. The fourth-order valence-electron chi connectivity index (χ4n) is 2.62. The Morgan fingerprint density at radius 1 is 1.12 bits per heavy atom. The molecule has 0 saturated carbocycles. The number of aromatic hydroxyl groups is 1. The number of benzene rings is 2. The second-order valence-corrected chi connectivity index (χ2v) is 5.71. The van der Waals surface area contributed by atoms with Crippen molar-refractivity contribution in [2.24, 2.45) is 5.10 Å². The molecule has 0 fully saturated rings. The molecule has 122 valence electrons. The minimum absolute atomic E-state index is 0.0177. The maximum atomic E-state index is 11.7. The fraction of sp³-hybridized carbons (Fsp3) is 0.158. The Labute approximate surface area is 139 Å². The lowest BCUT2D eigenvalue weighted by atomic mass is 10.0. The fourth-order valence-corrected chi connectivity index (χ4v) is 2.62. The maximum Gasteiger partial charge on any atom is 0.336 e. The zero-order valence-electron chi connectivity index (χ0n) is 13.8. The topological polar surface area (TPSA) is 74.8 Å². The Hall–Kier alpha value is -3.08. The monoisotopic (exact) mass is 322 g/mol. The summed E-state index contributed by atoms with van der Waals surface area (Å²) in [4.78, 5) is 11.7. The van der Waals surface area contributed by atoms with Crippen LogP contribution in [-0.2, 0) is 0 Å². The number of aryl methyl sites for hydroxylation is 2. The molecule has 5 nitrogen and oxygen atoms in total. The van der Waals surface area contributed by atoms with E-state index in [0.29, 0.717) is 16.9 Å². The molecule has 0 aliphatic carbocycles. The molecular formula is C19H18N2O3. The maximum absolute atomic E-state index is 11.7. The quantitative estimate of drug-likeness (QED) is 0.435. The Balaban J connectivity index is 2.11. The Kier molecular flexibility index (Phi) is 4.08. The summed E-state index contributed by atoms with van der Waals surface area (Å²) in [6, 6.07) is 12.5. The van der Waals surface area contributed by atoms with Crippen LogP contribution in [0.4, 0.5) is 5.69 Å². The summed E-state index contributed by atoms with van der Waals surface area (Å²) in [6.07, 6.45) is 0. The van der Waals surface area contributed by atoms with Gasteiger partial charge in [0.05, 0.1) is 17.0 Å². The lowest BCUT2D eigenvalue weighted by molar-refractivity contribution is 0.471. The lowest BCUT2D eigenvalue weighted by Gasteiger charge is -2.10. The van der Waals surface area contributed by atoms with E-state index in [4.69, 9.17) is 4.42 Å². The zero-order chi connectivity index (χ0) is 17.3. The van der Waals surface area contributed by atoms with Crippen LogP contribution >= 0.6 is 0 Å². The van der Waals surface area contributed by atoms with Crippen molar-refractivity contribution in [1.82, 2.24) is 0 Å². The van der Waals surface area contributed by atoms with E-state index in [-0.39, 0.29) is 5.75 Å². The number of rotatable bonds is 3. The summed E-state index contributed by atoms with van der Waals surface area (Å²) in [6.45, 7) is 5.56. The van der Waals surface area contributed by atoms with Crippen molar-refractivity contribution in [2.45, 2.75) is 20.8 Å². The summed E-state index contributed by atoms with van der Waals surface area (Å²) >= 11 is 0. The van der Waals surface area contributed by atoms with Gasteiger partial charge in [-0.05, 0) is 50.1 Å². The van der Waals surface area contributed by atoms with Gasteiger partial charge in [0, 0.05) is 11.5 Å². The zero-order valence-corrected chi connectivity index (χ0v) is 13.8. The SMILES string of the molecule is C/C(=N/Nc1ccccc1C)c1c(O)ccc2c(C)cc(=O)oc12. The molecule has 5 heteroatoms. The van der Waals surface area contributed by atoms with E-state index in [2.05, 4.69) is 10.5 Å². The molecule has 1 aromatic heterocycles. The smallest absolute Gasteiger partial charge is 0.336 e. The Morgan fingerprint density at radius 2 is 1.88 bits per heavy atom. The molecule has 0 saturated heterocycles. The predicted molar refractivity (Wildman–Crippen MR) is 95.9 cm³/mol. The molecule has 0 radical (unpaired) electrons. The molecule has 2 N–H and O–H groups in total. The summed E-state index contributed by atoms with van der Waals surface area (Å²) in [5, 5.41) is 15.4. The normalized spacial score (nSPS) is 11.7. The van der Waals surface area contributed by atoms with Gasteiger partial charge in [-0.2, -0.15) is 5.10 Å². The number of phenolic OH excluding ortho intramolecular Hbond substituents is 1. The van der Waals surface area contributed by atoms with Crippen LogP contribution in [0.2, 0.25) is 0 Å². The van der Waals surface area contributed by atoms with E-state index in [9.17, 15) is 9.90 Å². The number of hydrogen-bond acceptors (Lipinski definition) is 5. The summed E-state index contributed by atoms with van der Waals surface area (Å²) in [5.41, 5.74) is 6.53. The number of fused-ring (bicyclic) bond motifs is 1. The van der Waals surface area contributed by atoms with Crippen molar-refractivity contribution < 1.29 is 9.52 Å². The van der Waals surface area contributed by atoms with Crippen LogP contribution < -0.4 is 11.1 Å². The standard InChI is InChI=1S/C19H18N2O3/c1-11-6-4-5-7-15(11)21-20-13(3)18-16(22)9-8-14-12(2)10-17(23)24-19(14)18/h4-10,21-22H,1-3H3/b20-13-. The summed E-state index contributed by atoms with van der Waals surface area (Å²) in [5.74, 6) is 0.0177. The molecule has 0 unspecified atom stereocenters. The van der Waals surface area contributed by atoms with Gasteiger partial charge in [0.1, 0.15) is 5.75 Å². The van der Waals surface area contributed by atoms with Gasteiger partial charge >= 0.3 is 5.63 Å². The van der Waals surface area contributed by atoms with E-state index >= 15 is 0 Å². The van der Waals surface area contributed by atoms with Gasteiger partial charge in [-0.1, -0.05) is 18.2 Å². The first-order valence-corrected chi connectivity index (χ1v) is 7.60. The lowest BCUT2D eigenvalue weighted by Crippen LogP contribution is -2.05. The molecule has 0 spiro atoms. The molecule has 3 rings (SSSR count). The average Bonchev–Trinajstić information content (AvgIpc) is 2.53. The average molecular weight is 322 g/mol. The minimum Gasteiger partial charge on any atom is -0.507 e. The van der Waals surface area contributed by atoms with Gasteiger partial charge in [-0.25, -0.2) is 4.79 Å². The van der Waals surface area contributed by atoms with Crippen LogP contribution in [0.25, 0.3) is 11.0 Å². The van der Waals surface area contributed by atoms with Crippen molar-refractivity contribution >= 4 is 22.4 Å². The third kappa shape index (κ3) is 2.88. The van der Waals surface area contributed by atoms with Crippen molar-refractivity contribution in [3.8, 4) is 5.75 Å². The molecule has 3 aromatic rings. The highest BCUT2D eigenvalue weighted by Crippen LogP contribution is 2.29. The van der Waals surface area contributed by atoms with Crippen molar-refractivity contribution in [2.75, 3.05) is 5.43 Å². The van der Waals surface area contributed by atoms with Crippen molar-refractivity contribution in [3.63, 3.8) is 0 Å². The molecule has 0 bridgehead atoms. The van der Waals surface area contributed by atoms with Crippen molar-refractivity contribution in [3.05, 3.63) is 69.6 Å². The number of para-hydroxylation sites is 1. The highest BCUT2D eigenvalue weighted by atomic mass is 16.4. The van der Waals surface area contributed by atoms with Gasteiger partial charge < -0.3 is 9.52 Å². The second kappa shape index (κ2) is 6.20. The first kappa shape index (κ1) is 15.8. The van der Waals surface area contributed by atoms with Gasteiger partial charge in [-0.15, -0.1) is 0 Å². The number of anilines is 1. The van der Waals surface area contributed by atoms with Gasteiger partial charge in [0.15, 0.2) is 5.58 Å². The molecule has 24 heavy (non-hydrogen) atoms. The van der Waals surface area contributed by atoms with E-state index < -0.39 is 5.63 Å². The number of hydrazone groups is 1. The molecule has 0 aliphatic heterocycles. The number of phenols is 1. The van der Waals surface area contributed by atoms with Crippen LogP contribution in [0.5, 0.6) is 5.75 Å². The summed E-state index contributed by atoms with van der Waals surface area (Å²) in [7, 11) is 0. The van der Waals surface area contributed by atoms with E-state index in [0.717, 1.165) is 22.2 Å². The van der Waals surface area contributed by atoms with Crippen LogP contribution in [0, 0.1) is 13.8 Å². The van der Waals surface area contributed by atoms with Crippen LogP contribution in [0.1, 0.15) is 23.6 Å². The molecule has 2 aromatic carbocycles. The third-order valence-corrected chi connectivity index (χ3v) is 3.95. The molecule has 0 atom stereocenters. The highest BCUT2D eigenvalue weighted by Gasteiger charge is 2.15. The van der Waals surface area contributed by atoms with Crippen LogP contribution in [0.15, 0.2) is 56.8 Å². The van der Waals surface area contributed by atoms with Gasteiger partial charge in [-0.3, -0.25) is 5.43 Å². The Morgan fingerprint density at radius 3 is 2.62 bits per heavy atom. The minimum atomic E-state index is -0.452. The molecule has 1 heterocycles. The summed E-state index contributed by atoms with van der Waals surface area (Å²) < 4.78 is 5.33. The largest absolute Gasteiger partial charge is 0.507 e.